The van der Waals surface area contributed by atoms with Gasteiger partial charge in [0.05, 0.1) is 7.11 Å². The summed E-state index contributed by atoms with van der Waals surface area (Å²) in [6.07, 6.45) is 5.89. The Morgan fingerprint density at radius 2 is 1.84 bits per heavy atom. The molecular formula is C13H12N2O3S. The van der Waals surface area contributed by atoms with Gasteiger partial charge in [-0.1, -0.05) is 12.1 Å². The standard InChI is InChI=1S/C13H12N2O3S/c1-18-12-4-2-3-5-13(12)19(16,17)7-6-11-8-14-10-15-9-11/h2-10H,1H3/b7-6+. The number of aromatic nitrogens is 2. The number of nitrogens with zero attached hydrogens (tertiary/aromatic N) is 2. The number of ether oxygens (including phenoxy) is 1. The van der Waals surface area contributed by atoms with Crippen molar-refractivity contribution in [1.29, 1.82) is 0 Å². The van der Waals surface area contributed by atoms with Crippen LogP contribution in [0, 0.1) is 0 Å². The lowest BCUT2D eigenvalue weighted by Crippen LogP contribution is -1.99. The molecule has 2 aromatic rings. The minimum absolute atomic E-state index is 0.130. The first-order valence-corrected chi connectivity index (χ1v) is 6.99. The van der Waals surface area contributed by atoms with Crippen LogP contribution < -0.4 is 4.74 Å². The number of sulfone groups is 1. The van der Waals surface area contributed by atoms with E-state index in [1.165, 1.54) is 38.0 Å². The van der Waals surface area contributed by atoms with E-state index in [1.807, 2.05) is 0 Å². The minimum atomic E-state index is -3.56. The molecule has 0 saturated heterocycles. The topological polar surface area (TPSA) is 69.2 Å². The van der Waals surface area contributed by atoms with E-state index < -0.39 is 9.84 Å². The van der Waals surface area contributed by atoms with Gasteiger partial charge in [-0.25, -0.2) is 18.4 Å². The molecule has 1 aromatic heterocycles. The first-order chi connectivity index (χ1) is 9.13. The van der Waals surface area contributed by atoms with Crippen molar-refractivity contribution in [2.75, 3.05) is 7.11 Å². The molecule has 98 valence electrons. The second-order valence-corrected chi connectivity index (χ2v) is 5.47. The van der Waals surface area contributed by atoms with Gasteiger partial charge in [0.25, 0.3) is 0 Å². The number of benzene rings is 1. The van der Waals surface area contributed by atoms with Crippen LogP contribution in [-0.4, -0.2) is 25.5 Å². The number of para-hydroxylation sites is 1. The summed E-state index contributed by atoms with van der Waals surface area (Å²) in [7, 11) is -2.13. The van der Waals surface area contributed by atoms with Gasteiger partial charge >= 0.3 is 0 Å². The minimum Gasteiger partial charge on any atom is -0.495 e. The molecule has 1 heterocycles. The molecule has 0 aliphatic rings. The summed E-state index contributed by atoms with van der Waals surface area (Å²) >= 11 is 0. The van der Waals surface area contributed by atoms with Crippen molar-refractivity contribution in [2.24, 2.45) is 0 Å². The maximum Gasteiger partial charge on any atom is 0.203 e. The van der Waals surface area contributed by atoms with E-state index in [9.17, 15) is 8.42 Å². The van der Waals surface area contributed by atoms with Gasteiger partial charge in [0, 0.05) is 23.4 Å². The summed E-state index contributed by atoms with van der Waals surface area (Å²) in [4.78, 5) is 7.75. The van der Waals surface area contributed by atoms with Gasteiger partial charge in [-0.3, -0.25) is 0 Å². The number of hydrogen-bond donors (Lipinski definition) is 0. The lowest BCUT2D eigenvalue weighted by Gasteiger charge is -2.05. The molecule has 0 saturated carbocycles. The summed E-state index contributed by atoms with van der Waals surface area (Å²) in [5.74, 6) is 0.316. The van der Waals surface area contributed by atoms with Crippen LogP contribution in [0.3, 0.4) is 0 Å². The van der Waals surface area contributed by atoms with Gasteiger partial charge in [-0.15, -0.1) is 0 Å². The van der Waals surface area contributed by atoms with Crippen molar-refractivity contribution in [3.8, 4) is 5.75 Å². The van der Waals surface area contributed by atoms with Crippen LogP contribution in [0.2, 0.25) is 0 Å². The maximum atomic E-state index is 12.2. The van der Waals surface area contributed by atoms with E-state index >= 15 is 0 Å². The molecule has 0 radical (unpaired) electrons. The first kappa shape index (κ1) is 13.2. The molecule has 0 fully saturated rings. The van der Waals surface area contributed by atoms with Crippen LogP contribution >= 0.6 is 0 Å². The van der Waals surface area contributed by atoms with Gasteiger partial charge in [-0.2, -0.15) is 0 Å². The van der Waals surface area contributed by atoms with Gasteiger partial charge < -0.3 is 4.74 Å². The normalized spacial score (nSPS) is 11.6. The molecule has 2 rings (SSSR count). The zero-order chi connectivity index (χ0) is 13.7. The third kappa shape index (κ3) is 3.17. The molecule has 0 N–H and O–H groups in total. The van der Waals surface area contributed by atoms with Crippen molar-refractivity contribution in [3.63, 3.8) is 0 Å². The fourth-order valence-electron chi connectivity index (χ4n) is 1.49. The van der Waals surface area contributed by atoms with E-state index in [0.717, 1.165) is 5.41 Å². The zero-order valence-corrected chi connectivity index (χ0v) is 11.0. The largest absolute Gasteiger partial charge is 0.495 e. The second-order valence-electron chi connectivity index (χ2n) is 3.67. The Morgan fingerprint density at radius 3 is 2.53 bits per heavy atom. The van der Waals surface area contributed by atoms with Gasteiger partial charge in [0.1, 0.15) is 17.0 Å². The molecule has 0 bridgehead atoms. The number of methoxy groups -OCH3 is 1. The van der Waals surface area contributed by atoms with E-state index in [2.05, 4.69) is 9.97 Å². The Kier molecular flexibility index (Phi) is 3.91. The maximum absolute atomic E-state index is 12.2. The predicted molar refractivity (Wildman–Crippen MR) is 71.2 cm³/mol. The van der Waals surface area contributed by atoms with Crippen molar-refractivity contribution in [3.05, 3.63) is 54.0 Å². The van der Waals surface area contributed by atoms with E-state index in [-0.39, 0.29) is 4.90 Å². The summed E-state index contributed by atoms with van der Waals surface area (Å²) in [6.45, 7) is 0. The average Bonchev–Trinajstić information content (AvgIpc) is 2.46. The summed E-state index contributed by atoms with van der Waals surface area (Å²) in [5.41, 5.74) is 0.612. The molecular weight excluding hydrogens is 264 g/mol. The van der Waals surface area contributed by atoms with Crippen molar-refractivity contribution in [1.82, 2.24) is 9.97 Å². The van der Waals surface area contributed by atoms with Crippen molar-refractivity contribution < 1.29 is 13.2 Å². The van der Waals surface area contributed by atoms with Crippen LogP contribution in [0.1, 0.15) is 5.56 Å². The third-order valence-electron chi connectivity index (χ3n) is 2.40. The molecule has 0 unspecified atom stereocenters. The highest BCUT2D eigenvalue weighted by Crippen LogP contribution is 2.24. The quantitative estimate of drug-likeness (QED) is 0.853. The van der Waals surface area contributed by atoms with Crippen LogP contribution in [-0.2, 0) is 9.84 Å². The molecule has 0 atom stereocenters. The monoisotopic (exact) mass is 276 g/mol. The van der Waals surface area contributed by atoms with E-state index in [0.29, 0.717) is 11.3 Å². The third-order valence-corrected chi connectivity index (χ3v) is 3.84. The van der Waals surface area contributed by atoms with Crippen molar-refractivity contribution >= 4 is 15.9 Å². The molecule has 0 aliphatic carbocycles. The zero-order valence-electron chi connectivity index (χ0n) is 10.2. The lowest BCUT2D eigenvalue weighted by atomic mass is 10.3. The molecule has 6 heteroatoms. The fraction of sp³-hybridized carbons (Fsp3) is 0.0769. The SMILES string of the molecule is COc1ccccc1S(=O)(=O)/C=C/c1cncnc1. The molecule has 0 aliphatic heterocycles. The Labute approximate surface area is 111 Å². The first-order valence-electron chi connectivity index (χ1n) is 5.45. The highest BCUT2D eigenvalue weighted by molar-refractivity contribution is 7.94. The fourth-order valence-corrected chi connectivity index (χ4v) is 2.67. The Hall–Kier alpha value is -2.21. The van der Waals surface area contributed by atoms with Crippen LogP contribution in [0.4, 0.5) is 0 Å². The molecule has 19 heavy (non-hydrogen) atoms. The van der Waals surface area contributed by atoms with E-state index in [1.54, 1.807) is 18.2 Å². The smallest absolute Gasteiger partial charge is 0.203 e. The van der Waals surface area contributed by atoms with Gasteiger partial charge in [0.15, 0.2) is 0 Å². The van der Waals surface area contributed by atoms with Crippen LogP contribution in [0.15, 0.2) is 53.3 Å². The van der Waals surface area contributed by atoms with Crippen LogP contribution in [0.5, 0.6) is 5.75 Å². The van der Waals surface area contributed by atoms with Gasteiger partial charge in [0.2, 0.25) is 9.84 Å². The van der Waals surface area contributed by atoms with E-state index in [4.69, 9.17) is 4.74 Å². The van der Waals surface area contributed by atoms with Crippen molar-refractivity contribution in [2.45, 2.75) is 4.90 Å². The number of hydrogen-bond acceptors (Lipinski definition) is 5. The molecule has 0 amide bonds. The molecule has 5 nitrogen and oxygen atoms in total. The highest BCUT2D eigenvalue weighted by Gasteiger charge is 2.15. The van der Waals surface area contributed by atoms with Gasteiger partial charge in [-0.05, 0) is 18.2 Å². The summed E-state index contributed by atoms with van der Waals surface area (Å²) < 4.78 is 29.4. The Balaban J connectivity index is 2.36. The highest BCUT2D eigenvalue weighted by atomic mass is 32.2. The predicted octanol–water partition coefficient (Wildman–Crippen LogP) is 1.93. The summed E-state index contributed by atoms with van der Waals surface area (Å²) in [5, 5.41) is 1.11. The molecule has 1 aromatic carbocycles. The lowest BCUT2D eigenvalue weighted by molar-refractivity contribution is 0.403. The Bertz CT molecular complexity index is 682. The Morgan fingerprint density at radius 1 is 1.16 bits per heavy atom. The summed E-state index contributed by atoms with van der Waals surface area (Å²) in [6, 6.07) is 6.47. The average molecular weight is 276 g/mol. The second kappa shape index (κ2) is 5.62. The number of rotatable bonds is 4. The van der Waals surface area contributed by atoms with Crippen LogP contribution in [0.25, 0.3) is 6.08 Å². The molecule has 0 spiro atoms.